The van der Waals surface area contributed by atoms with Crippen molar-refractivity contribution in [3.63, 3.8) is 0 Å². The highest BCUT2D eigenvalue weighted by Crippen LogP contribution is 2.26. The number of hydrogen-bond donors (Lipinski definition) is 4. The molecule has 0 saturated heterocycles. The highest BCUT2D eigenvalue weighted by molar-refractivity contribution is 7.80. The first-order valence-corrected chi connectivity index (χ1v) is 6.65. The summed E-state index contributed by atoms with van der Waals surface area (Å²) >= 11 is 5.12. The average Bonchev–Trinajstić information content (AvgIpc) is 2.46. The minimum Gasteiger partial charge on any atom is -0.504 e. The molecule has 0 atom stereocenters. The van der Waals surface area contributed by atoms with Gasteiger partial charge in [0.2, 0.25) is 0 Å². The summed E-state index contributed by atoms with van der Waals surface area (Å²) in [5.41, 5.74) is 5.00. The number of anilines is 1. The Kier molecular flexibility index (Phi) is 4.73. The molecule has 4 N–H and O–H groups in total. The zero-order valence-corrected chi connectivity index (χ0v) is 12.2. The number of hydrazone groups is 1. The molecule has 2 rings (SSSR count). The van der Waals surface area contributed by atoms with Crippen LogP contribution in [0.25, 0.3) is 0 Å². The molecule has 21 heavy (non-hydrogen) atoms. The summed E-state index contributed by atoms with van der Waals surface area (Å²) in [6.07, 6.45) is 1.38. The molecular weight excluding hydrogens is 286 g/mol. The van der Waals surface area contributed by atoms with Crippen molar-refractivity contribution in [2.24, 2.45) is 5.10 Å². The van der Waals surface area contributed by atoms with Gasteiger partial charge in [-0.2, -0.15) is 5.10 Å². The van der Waals surface area contributed by atoms with E-state index in [-0.39, 0.29) is 11.5 Å². The summed E-state index contributed by atoms with van der Waals surface area (Å²) in [5, 5.41) is 26.3. The van der Waals surface area contributed by atoms with Crippen molar-refractivity contribution in [2.75, 3.05) is 5.32 Å². The molecule has 0 fully saturated rings. The minimum absolute atomic E-state index is 0.195. The van der Waals surface area contributed by atoms with Crippen LogP contribution in [0.15, 0.2) is 47.6 Å². The predicted molar refractivity (Wildman–Crippen MR) is 87.9 cm³/mol. The predicted octanol–water partition coefficient (Wildman–Crippen LogP) is 2.73. The summed E-state index contributed by atoms with van der Waals surface area (Å²) in [6.45, 7) is 1.97. The minimum atomic E-state index is -0.221. The number of rotatable bonds is 3. The SMILES string of the molecule is Cc1ccccc1NC(=S)N/N=C/c1cccc(O)c1O. The van der Waals surface area contributed by atoms with E-state index in [4.69, 9.17) is 12.2 Å². The summed E-state index contributed by atoms with van der Waals surface area (Å²) < 4.78 is 0. The Morgan fingerprint density at radius 3 is 2.67 bits per heavy atom. The number of thiocarbonyl (C=S) groups is 1. The van der Waals surface area contributed by atoms with E-state index >= 15 is 0 Å². The number of para-hydroxylation sites is 2. The maximum Gasteiger partial charge on any atom is 0.191 e. The molecular formula is C15H15N3O2S. The molecule has 0 aliphatic heterocycles. The third kappa shape index (κ3) is 3.93. The van der Waals surface area contributed by atoms with Crippen molar-refractivity contribution < 1.29 is 10.2 Å². The third-order valence-corrected chi connectivity index (χ3v) is 3.00. The van der Waals surface area contributed by atoms with E-state index in [1.54, 1.807) is 12.1 Å². The Hall–Kier alpha value is -2.60. The molecule has 0 amide bonds. The van der Waals surface area contributed by atoms with Crippen molar-refractivity contribution in [2.45, 2.75) is 6.92 Å². The van der Waals surface area contributed by atoms with Gasteiger partial charge in [0.05, 0.1) is 6.21 Å². The fraction of sp³-hybridized carbons (Fsp3) is 0.0667. The van der Waals surface area contributed by atoms with Crippen molar-refractivity contribution in [3.05, 3.63) is 53.6 Å². The molecule has 0 heterocycles. The second-order valence-electron chi connectivity index (χ2n) is 4.35. The van der Waals surface area contributed by atoms with Crippen LogP contribution in [0.2, 0.25) is 0 Å². The lowest BCUT2D eigenvalue weighted by atomic mass is 10.2. The van der Waals surface area contributed by atoms with Gasteiger partial charge in [-0.05, 0) is 42.9 Å². The van der Waals surface area contributed by atoms with Gasteiger partial charge in [-0.1, -0.05) is 24.3 Å². The van der Waals surface area contributed by atoms with Gasteiger partial charge in [0, 0.05) is 11.3 Å². The molecule has 108 valence electrons. The van der Waals surface area contributed by atoms with Crippen molar-refractivity contribution >= 4 is 29.2 Å². The molecule has 2 aromatic rings. The maximum absolute atomic E-state index is 9.62. The molecule has 0 spiro atoms. The van der Waals surface area contributed by atoms with Crippen LogP contribution in [0.3, 0.4) is 0 Å². The van der Waals surface area contributed by atoms with Crippen LogP contribution in [0.1, 0.15) is 11.1 Å². The summed E-state index contributed by atoms with van der Waals surface area (Å²) in [5.74, 6) is -0.416. The summed E-state index contributed by atoms with van der Waals surface area (Å²) in [6, 6.07) is 12.4. The second-order valence-corrected chi connectivity index (χ2v) is 4.76. The van der Waals surface area contributed by atoms with E-state index in [0.717, 1.165) is 11.3 Å². The standard InChI is InChI=1S/C15H15N3O2S/c1-10-5-2-3-7-12(10)17-15(21)18-16-9-11-6-4-8-13(19)14(11)20/h2-9,19-20H,1H3,(H2,17,18,21)/b16-9+. The van der Waals surface area contributed by atoms with Gasteiger partial charge < -0.3 is 15.5 Å². The average molecular weight is 301 g/mol. The first-order chi connectivity index (χ1) is 10.1. The molecule has 0 aliphatic rings. The lowest BCUT2D eigenvalue weighted by molar-refractivity contribution is 0.403. The van der Waals surface area contributed by atoms with Gasteiger partial charge in [0.15, 0.2) is 16.6 Å². The van der Waals surface area contributed by atoms with Crippen LogP contribution < -0.4 is 10.7 Å². The Morgan fingerprint density at radius 1 is 1.14 bits per heavy atom. The van der Waals surface area contributed by atoms with E-state index in [2.05, 4.69) is 15.8 Å². The van der Waals surface area contributed by atoms with Gasteiger partial charge in [-0.3, -0.25) is 5.43 Å². The van der Waals surface area contributed by atoms with E-state index < -0.39 is 0 Å². The molecule has 0 aromatic heterocycles. The topological polar surface area (TPSA) is 76.9 Å². The van der Waals surface area contributed by atoms with Crippen LogP contribution in [0, 0.1) is 6.92 Å². The summed E-state index contributed by atoms with van der Waals surface area (Å²) in [4.78, 5) is 0. The van der Waals surface area contributed by atoms with E-state index in [0.29, 0.717) is 10.7 Å². The Bertz CT molecular complexity index is 686. The quantitative estimate of drug-likeness (QED) is 0.303. The smallest absolute Gasteiger partial charge is 0.191 e. The van der Waals surface area contributed by atoms with Crippen LogP contribution >= 0.6 is 12.2 Å². The molecule has 2 aromatic carbocycles. The molecule has 0 saturated carbocycles. The number of hydrogen-bond acceptors (Lipinski definition) is 4. The Morgan fingerprint density at radius 2 is 1.90 bits per heavy atom. The van der Waals surface area contributed by atoms with Crippen molar-refractivity contribution in [1.29, 1.82) is 0 Å². The molecule has 0 aliphatic carbocycles. The van der Waals surface area contributed by atoms with Gasteiger partial charge in [0.25, 0.3) is 0 Å². The Labute approximate surface area is 127 Å². The Balaban J connectivity index is 1.97. The number of phenolic OH excluding ortho intramolecular Hbond substituents is 2. The number of aryl methyl sites for hydroxylation is 1. The number of aromatic hydroxyl groups is 2. The fourth-order valence-corrected chi connectivity index (χ4v) is 1.84. The normalized spacial score (nSPS) is 10.5. The van der Waals surface area contributed by atoms with Crippen LogP contribution in [-0.2, 0) is 0 Å². The largest absolute Gasteiger partial charge is 0.504 e. The van der Waals surface area contributed by atoms with Gasteiger partial charge in [0.1, 0.15) is 0 Å². The molecule has 6 heteroatoms. The first-order valence-electron chi connectivity index (χ1n) is 6.24. The summed E-state index contributed by atoms with van der Waals surface area (Å²) in [7, 11) is 0. The highest BCUT2D eigenvalue weighted by atomic mass is 32.1. The zero-order valence-electron chi connectivity index (χ0n) is 11.4. The van der Waals surface area contributed by atoms with Crippen LogP contribution in [0.5, 0.6) is 11.5 Å². The molecule has 0 unspecified atom stereocenters. The van der Waals surface area contributed by atoms with Gasteiger partial charge in [-0.25, -0.2) is 0 Å². The van der Waals surface area contributed by atoms with E-state index in [9.17, 15) is 10.2 Å². The maximum atomic E-state index is 9.62. The van der Waals surface area contributed by atoms with Crippen LogP contribution in [-0.4, -0.2) is 21.5 Å². The molecule has 5 nitrogen and oxygen atoms in total. The fourth-order valence-electron chi connectivity index (χ4n) is 1.68. The monoisotopic (exact) mass is 301 g/mol. The van der Waals surface area contributed by atoms with Crippen molar-refractivity contribution in [3.8, 4) is 11.5 Å². The molecule has 0 radical (unpaired) electrons. The molecule has 0 bridgehead atoms. The lowest BCUT2D eigenvalue weighted by Gasteiger charge is -2.09. The van der Waals surface area contributed by atoms with E-state index in [1.165, 1.54) is 12.3 Å². The zero-order chi connectivity index (χ0) is 15.2. The first kappa shape index (κ1) is 14.8. The number of phenols is 2. The number of nitrogens with one attached hydrogen (secondary N) is 2. The lowest BCUT2D eigenvalue weighted by Crippen LogP contribution is -2.24. The van der Waals surface area contributed by atoms with Gasteiger partial charge in [-0.15, -0.1) is 0 Å². The van der Waals surface area contributed by atoms with Gasteiger partial charge >= 0.3 is 0 Å². The second kappa shape index (κ2) is 6.71. The third-order valence-electron chi connectivity index (χ3n) is 2.81. The van der Waals surface area contributed by atoms with E-state index in [1.807, 2.05) is 31.2 Å². The number of nitrogens with zero attached hydrogens (tertiary/aromatic N) is 1. The van der Waals surface area contributed by atoms with Crippen LogP contribution in [0.4, 0.5) is 5.69 Å². The highest BCUT2D eigenvalue weighted by Gasteiger charge is 2.03. The van der Waals surface area contributed by atoms with Crippen molar-refractivity contribution in [1.82, 2.24) is 5.43 Å². The number of benzene rings is 2.